The van der Waals surface area contributed by atoms with Crippen molar-refractivity contribution in [2.75, 3.05) is 11.9 Å². The summed E-state index contributed by atoms with van der Waals surface area (Å²) in [5.74, 6) is 0.749. The van der Waals surface area contributed by atoms with Gasteiger partial charge in [0.25, 0.3) is 0 Å². The second-order valence-electron chi connectivity index (χ2n) is 5.23. The summed E-state index contributed by atoms with van der Waals surface area (Å²) in [5.41, 5.74) is 7.25. The van der Waals surface area contributed by atoms with Crippen molar-refractivity contribution < 1.29 is 9.53 Å². The molecular weight excluding hydrogens is 240 g/mol. The summed E-state index contributed by atoms with van der Waals surface area (Å²) in [7, 11) is 0. The highest BCUT2D eigenvalue weighted by atomic mass is 16.5. The van der Waals surface area contributed by atoms with E-state index in [2.05, 4.69) is 5.32 Å². The molecule has 2 rings (SSSR count). The highest BCUT2D eigenvalue weighted by Gasteiger charge is 2.37. The normalized spacial score (nSPS) is 17.2. The third-order valence-corrected chi connectivity index (χ3v) is 3.71. The maximum atomic E-state index is 12.2. The van der Waals surface area contributed by atoms with Crippen molar-refractivity contribution in [1.82, 2.24) is 0 Å². The summed E-state index contributed by atoms with van der Waals surface area (Å²) in [5, 5.41) is 2.94. The van der Waals surface area contributed by atoms with Gasteiger partial charge in [-0.1, -0.05) is 12.8 Å². The first kappa shape index (κ1) is 13.9. The lowest BCUT2D eigenvalue weighted by molar-refractivity contribution is -0.121. The van der Waals surface area contributed by atoms with Crippen LogP contribution in [-0.4, -0.2) is 18.1 Å². The van der Waals surface area contributed by atoms with Gasteiger partial charge in [-0.05, 0) is 50.5 Å². The van der Waals surface area contributed by atoms with Gasteiger partial charge in [0.2, 0.25) is 5.91 Å². The molecular formula is C15H22N2O2. The number of nitrogens with two attached hydrogens (primary N) is 1. The predicted octanol–water partition coefficient (Wildman–Crippen LogP) is 2.60. The Labute approximate surface area is 114 Å². The van der Waals surface area contributed by atoms with Crippen molar-refractivity contribution in [3.8, 4) is 5.75 Å². The van der Waals surface area contributed by atoms with Crippen LogP contribution in [0.3, 0.4) is 0 Å². The molecule has 4 heteroatoms. The Kier molecular flexibility index (Phi) is 4.10. The van der Waals surface area contributed by atoms with Gasteiger partial charge in [-0.3, -0.25) is 4.79 Å². The first-order valence-corrected chi connectivity index (χ1v) is 6.89. The quantitative estimate of drug-likeness (QED) is 0.876. The molecule has 0 unspecified atom stereocenters. The molecule has 0 aliphatic heterocycles. The second kappa shape index (κ2) is 5.61. The lowest BCUT2D eigenvalue weighted by atomic mass is 9.98. The number of ether oxygens (including phenoxy) is 1. The average molecular weight is 262 g/mol. The molecule has 19 heavy (non-hydrogen) atoms. The number of benzene rings is 1. The summed E-state index contributed by atoms with van der Waals surface area (Å²) >= 11 is 0. The van der Waals surface area contributed by atoms with E-state index in [1.807, 2.05) is 32.0 Å². The van der Waals surface area contributed by atoms with Crippen LogP contribution in [0, 0.1) is 6.92 Å². The number of rotatable bonds is 4. The lowest BCUT2D eigenvalue weighted by Gasteiger charge is -2.23. The minimum absolute atomic E-state index is 0.0720. The first-order chi connectivity index (χ1) is 9.05. The van der Waals surface area contributed by atoms with Crippen molar-refractivity contribution >= 4 is 11.6 Å². The van der Waals surface area contributed by atoms with Gasteiger partial charge in [-0.25, -0.2) is 0 Å². The van der Waals surface area contributed by atoms with Crippen LogP contribution in [0.15, 0.2) is 18.2 Å². The number of carbonyl (C=O) groups is 1. The molecule has 104 valence electrons. The Morgan fingerprint density at radius 1 is 1.42 bits per heavy atom. The van der Waals surface area contributed by atoms with Crippen LogP contribution in [0.5, 0.6) is 5.75 Å². The zero-order valence-electron chi connectivity index (χ0n) is 11.7. The molecule has 1 aliphatic carbocycles. The SMILES string of the molecule is CCOc1ccc(NC(=O)C2(N)CCCC2)c(C)c1. The van der Waals surface area contributed by atoms with Gasteiger partial charge in [0.15, 0.2) is 0 Å². The third kappa shape index (κ3) is 3.07. The number of carbonyl (C=O) groups excluding carboxylic acids is 1. The summed E-state index contributed by atoms with van der Waals surface area (Å²) < 4.78 is 5.43. The zero-order chi connectivity index (χ0) is 13.9. The van der Waals surface area contributed by atoms with E-state index < -0.39 is 5.54 Å². The molecule has 0 saturated heterocycles. The van der Waals surface area contributed by atoms with Crippen LogP contribution in [0.1, 0.15) is 38.2 Å². The fourth-order valence-corrected chi connectivity index (χ4v) is 2.51. The fourth-order valence-electron chi connectivity index (χ4n) is 2.51. The molecule has 1 aromatic rings. The molecule has 4 nitrogen and oxygen atoms in total. The van der Waals surface area contributed by atoms with Gasteiger partial charge in [0, 0.05) is 5.69 Å². The standard InChI is InChI=1S/C15H22N2O2/c1-3-19-12-6-7-13(11(2)10-12)17-14(18)15(16)8-4-5-9-15/h6-7,10H,3-5,8-9,16H2,1-2H3,(H,17,18). The molecule has 0 bridgehead atoms. The van der Waals surface area contributed by atoms with Gasteiger partial charge in [-0.15, -0.1) is 0 Å². The molecule has 3 N–H and O–H groups in total. The minimum atomic E-state index is -0.689. The summed E-state index contributed by atoms with van der Waals surface area (Å²) in [6.45, 7) is 4.54. The molecule has 1 fully saturated rings. The number of anilines is 1. The van der Waals surface area contributed by atoms with E-state index in [1.165, 1.54) is 0 Å². The Morgan fingerprint density at radius 3 is 2.68 bits per heavy atom. The van der Waals surface area contributed by atoms with E-state index in [1.54, 1.807) is 0 Å². The van der Waals surface area contributed by atoms with E-state index in [0.717, 1.165) is 42.7 Å². The number of hydrogen-bond acceptors (Lipinski definition) is 3. The molecule has 0 heterocycles. The van der Waals surface area contributed by atoms with Crippen LogP contribution in [0.25, 0.3) is 0 Å². The number of nitrogens with one attached hydrogen (secondary N) is 1. The number of aryl methyl sites for hydroxylation is 1. The fraction of sp³-hybridized carbons (Fsp3) is 0.533. The van der Waals surface area contributed by atoms with Gasteiger partial charge in [0.05, 0.1) is 12.1 Å². The Morgan fingerprint density at radius 2 is 2.11 bits per heavy atom. The Hall–Kier alpha value is -1.55. The maximum absolute atomic E-state index is 12.2. The van der Waals surface area contributed by atoms with Crippen LogP contribution in [-0.2, 0) is 4.79 Å². The summed E-state index contributed by atoms with van der Waals surface area (Å²) in [6.07, 6.45) is 3.61. The van der Waals surface area contributed by atoms with E-state index in [4.69, 9.17) is 10.5 Å². The highest BCUT2D eigenvalue weighted by Crippen LogP contribution is 2.29. The van der Waals surface area contributed by atoms with Crippen LogP contribution < -0.4 is 15.8 Å². The summed E-state index contributed by atoms with van der Waals surface area (Å²) in [4.78, 5) is 12.2. The average Bonchev–Trinajstić information content (AvgIpc) is 2.81. The predicted molar refractivity (Wildman–Crippen MR) is 76.4 cm³/mol. The van der Waals surface area contributed by atoms with Crippen molar-refractivity contribution in [3.63, 3.8) is 0 Å². The van der Waals surface area contributed by atoms with Crippen molar-refractivity contribution in [1.29, 1.82) is 0 Å². The van der Waals surface area contributed by atoms with E-state index in [9.17, 15) is 4.79 Å². The largest absolute Gasteiger partial charge is 0.494 e. The Balaban J connectivity index is 2.08. The smallest absolute Gasteiger partial charge is 0.244 e. The molecule has 1 saturated carbocycles. The molecule has 0 aromatic heterocycles. The van der Waals surface area contributed by atoms with Gasteiger partial charge in [-0.2, -0.15) is 0 Å². The van der Waals surface area contributed by atoms with E-state index in [0.29, 0.717) is 6.61 Å². The van der Waals surface area contributed by atoms with Crippen molar-refractivity contribution in [3.05, 3.63) is 23.8 Å². The van der Waals surface area contributed by atoms with Gasteiger partial charge < -0.3 is 15.8 Å². The zero-order valence-corrected chi connectivity index (χ0v) is 11.7. The van der Waals surface area contributed by atoms with Crippen LogP contribution >= 0.6 is 0 Å². The van der Waals surface area contributed by atoms with Gasteiger partial charge in [0.1, 0.15) is 5.75 Å². The van der Waals surface area contributed by atoms with E-state index >= 15 is 0 Å². The first-order valence-electron chi connectivity index (χ1n) is 6.89. The molecule has 0 atom stereocenters. The third-order valence-electron chi connectivity index (χ3n) is 3.71. The van der Waals surface area contributed by atoms with Crippen LogP contribution in [0.4, 0.5) is 5.69 Å². The molecule has 1 amide bonds. The van der Waals surface area contributed by atoms with Gasteiger partial charge >= 0.3 is 0 Å². The molecule has 0 radical (unpaired) electrons. The Bertz CT molecular complexity index is 465. The molecule has 1 aromatic carbocycles. The molecule has 1 aliphatic rings. The maximum Gasteiger partial charge on any atom is 0.244 e. The minimum Gasteiger partial charge on any atom is -0.494 e. The number of amides is 1. The van der Waals surface area contributed by atoms with Crippen molar-refractivity contribution in [2.45, 2.75) is 45.1 Å². The number of hydrogen-bond donors (Lipinski definition) is 2. The van der Waals surface area contributed by atoms with Crippen molar-refractivity contribution in [2.24, 2.45) is 5.73 Å². The highest BCUT2D eigenvalue weighted by molar-refractivity contribution is 5.98. The van der Waals surface area contributed by atoms with Crippen LogP contribution in [0.2, 0.25) is 0 Å². The molecule has 0 spiro atoms. The topological polar surface area (TPSA) is 64.3 Å². The lowest BCUT2D eigenvalue weighted by Crippen LogP contribution is -2.48. The van der Waals surface area contributed by atoms with E-state index in [-0.39, 0.29) is 5.91 Å². The monoisotopic (exact) mass is 262 g/mol. The summed E-state index contributed by atoms with van der Waals surface area (Å²) in [6, 6.07) is 5.66. The second-order valence-corrected chi connectivity index (χ2v) is 5.23.